The molecule has 4 rings (SSSR count). The van der Waals surface area contributed by atoms with Gasteiger partial charge in [-0.15, -0.1) is 0 Å². The van der Waals surface area contributed by atoms with Gasteiger partial charge in [-0.25, -0.2) is 9.78 Å². The molecule has 0 amide bonds. The molecule has 0 spiro atoms. The summed E-state index contributed by atoms with van der Waals surface area (Å²) in [6.07, 6.45) is 11.1. The third-order valence-corrected chi connectivity index (χ3v) is 7.22. The van der Waals surface area contributed by atoms with Crippen molar-refractivity contribution in [2.75, 3.05) is 13.7 Å². The van der Waals surface area contributed by atoms with Crippen LogP contribution in [0.1, 0.15) is 80.9 Å². The summed E-state index contributed by atoms with van der Waals surface area (Å²) in [5, 5.41) is 7.63. The number of rotatable bonds is 11. The summed E-state index contributed by atoms with van der Waals surface area (Å²) in [5.41, 5.74) is 3.71. The maximum atomic E-state index is 12.2. The van der Waals surface area contributed by atoms with Crippen molar-refractivity contribution in [1.29, 1.82) is 0 Å². The number of esters is 1. The van der Waals surface area contributed by atoms with E-state index in [9.17, 15) is 4.79 Å². The Bertz CT molecular complexity index is 1020. The number of benzene rings is 1. The third kappa shape index (κ3) is 8.77. The lowest BCUT2D eigenvalue weighted by atomic mass is 9.91. The lowest BCUT2D eigenvalue weighted by Crippen LogP contribution is -2.40. The van der Waals surface area contributed by atoms with Gasteiger partial charge in [-0.2, -0.15) is 0 Å². The number of pyridine rings is 1. The molecule has 0 bridgehead atoms. The summed E-state index contributed by atoms with van der Waals surface area (Å²) in [5.74, 6) is 0.250. The highest BCUT2D eigenvalue weighted by atomic mass is 16.6. The van der Waals surface area contributed by atoms with Gasteiger partial charge in [-0.1, -0.05) is 48.0 Å². The smallest absolute Gasteiger partial charge is 0.357 e. The van der Waals surface area contributed by atoms with Gasteiger partial charge in [0.1, 0.15) is 11.3 Å². The van der Waals surface area contributed by atoms with Crippen LogP contribution in [0.3, 0.4) is 0 Å². The summed E-state index contributed by atoms with van der Waals surface area (Å²) < 4.78 is 10.8. The molecule has 2 aromatic rings. The van der Waals surface area contributed by atoms with Crippen molar-refractivity contribution < 1.29 is 14.3 Å². The Labute approximate surface area is 222 Å². The molecule has 2 atom stereocenters. The first-order valence-corrected chi connectivity index (χ1v) is 13.7. The van der Waals surface area contributed by atoms with Crippen LogP contribution in [0.25, 0.3) is 6.08 Å². The zero-order valence-corrected chi connectivity index (χ0v) is 22.8. The maximum Gasteiger partial charge on any atom is 0.357 e. The summed E-state index contributed by atoms with van der Waals surface area (Å²) >= 11 is 0. The average molecular weight is 506 g/mol. The first-order valence-electron chi connectivity index (χ1n) is 13.7. The normalized spacial score (nSPS) is 24.1. The predicted molar refractivity (Wildman–Crippen MR) is 148 cm³/mol. The average Bonchev–Trinajstić information content (AvgIpc) is 3.65. The van der Waals surface area contributed by atoms with Gasteiger partial charge < -0.3 is 20.1 Å². The van der Waals surface area contributed by atoms with Crippen LogP contribution in [0.2, 0.25) is 0 Å². The van der Waals surface area contributed by atoms with Gasteiger partial charge in [0, 0.05) is 44.6 Å². The molecule has 1 heterocycles. The Morgan fingerprint density at radius 1 is 1.05 bits per heavy atom. The molecular weight excluding hydrogens is 462 g/mol. The van der Waals surface area contributed by atoms with Gasteiger partial charge in [-0.05, 0) is 82.4 Å². The van der Waals surface area contributed by atoms with Gasteiger partial charge >= 0.3 is 5.97 Å². The second-order valence-electron chi connectivity index (χ2n) is 11.5. The number of ether oxygens (including phenoxy) is 2. The quantitative estimate of drug-likeness (QED) is 0.391. The highest BCUT2D eigenvalue weighted by Gasteiger charge is 2.40. The van der Waals surface area contributed by atoms with Crippen LogP contribution in [0, 0.1) is 5.92 Å². The van der Waals surface area contributed by atoms with Crippen molar-refractivity contribution in [2.45, 2.75) is 89.6 Å². The summed E-state index contributed by atoms with van der Waals surface area (Å²) in [7, 11) is 1.78. The van der Waals surface area contributed by atoms with Crippen LogP contribution in [0.5, 0.6) is 0 Å². The van der Waals surface area contributed by atoms with Crippen molar-refractivity contribution in [2.24, 2.45) is 5.92 Å². The Balaban J connectivity index is 1.18. The minimum absolute atomic E-state index is 0.354. The van der Waals surface area contributed by atoms with E-state index in [1.54, 1.807) is 19.4 Å². The van der Waals surface area contributed by atoms with Gasteiger partial charge in [0.05, 0.1) is 0 Å². The second-order valence-corrected chi connectivity index (χ2v) is 11.5. The van der Waals surface area contributed by atoms with E-state index in [2.05, 4.69) is 52.0 Å². The van der Waals surface area contributed by atoms with E-state index in [1.807, 2.05) is 26.8 Å². The molecule has 6 heteroatoms. The van der Waals surface area contributed by atoms with Crippen molar-refractivity contribution in [1.82, 2.24) is 15.6 Å². The number of aromatic nitrogens is 1. The van der Waals surface area contributed by atoms with Crippen LogP contribution in [0.15, 0.2) is 54.2 Å². The van der Waals surface area contributed by atoms with E-state index < -0.39 is 5.60 Å². The molecule has 200 valence electrons. The predicted octanol–water partition coefficient (Wildman–Crippen LogP) is 5.54. The number of methoxy groups -OCH3 is 1. The molecule has 2 aliphatic rings. The topological polar surface area (TPSA) is 72.5 Å². The Kier molecular flexibility index (Phi) is 9.52. The molecule has 2 saturated carbocycles. The van der Waals surface area contributed by atoms with Gasteiger partial charge in [-0.3, -0.25) is 0 Å². The van der Waals surface area contributed by atoms with Crippen molar-refractivity contribution in [3.05, 3.63) is 71.1 Å². The molecule has 6 nitrogen and oxygen atoms in total. The monoisotopic (exact) mass is 505 g/mol. The van der Waals surface area contributed by atoms with Crippen LogP contribution >= 0.6 is 0 Å². The first kappa shape index (κ1) is 27.5. The molecule has 2 N–H and O–H groups in total. The second kappa shape index (κ2) is 12.8. The molecule has 0 saturated heterocycles. The summed E-state index contributed by atoms with van der Waals surface area (Å²) in [6.45, 7) is 7.12. The number of hydrogen-bond acceptors (Lipinski definition) is 6. The fourth-order valence-corrected chi connectivity index (χ4v) is 5.15. The zero-order chi connectivity index (χ0) is 26.3. The van der Waals surface area contributed by atoms with E-state index in [0.29, 0.717) is 29.7 Å². The van der Waals surface area contributed by atoms with E-state index in [4.69, 9.17) is 9.47 Å². The maximum absolute atomic E-state index is 12.2. The molecule has 0 aliphatic heterocycles. The summed E-state index contributed by atoms with van der Waals surface area (Å²) in [6, 6.07) is 16.1. The van der Waals surface area contributed by atoms with E-state index >= 15 is 0 Å². The molecule has 0 unspecified atom stereocenters. The molecule has 0 radical (unpaired) electrons. The lowest BCUT2D eigenvalue weighted by Gasteiger charge is -2.30. The number of carbonyl (C=O) groups excluding carboxylic acids is 1. The Hall–Kier alpha value is -2.54. The fourth-order valence-electron chi connectivity index (χ4n) is 5.15. The lowest BCUT2D eigenvalue weighted by molar-refractivity contribution is 0.00628. The number of carbonyl (C=O) groups is 1. The number of nitrogens with zero attached hydrogens (tertiary/aromatic N) is 1. The third-order valence-electron chi connectivity index (χ3n) is 7.22. The van der Waals surface area contributed by atoms with Gasteiger partial charge in [0.25, 0.3) is 0 Å². The largest absolute Gasteiger partial charge is 0.455 e. The van der Waals surface area contributed by atoms with Crippen molar-refractivity contribution in [3.8, 4) is 0 Å². The van der Waals surface area contributed by atoms with Crippen molar-refractivity contribution >= 4 is 12.0 Å². The molecule has 2 fully saturated rings. The standard InChI is InChI=1S/C31H43N3O3/c1-31(2,3)37-30(35)28-15-10-23(21-33-28)20-32-25-11-13-26(14-12-25)34-29-19-27(29)24(16-17-36-4)18-22-8-6-5-7-9-22/h5-10,15,18,21,25-27,29,32,34H,11-14,16-17,19-20H2,1-4H3/b24-18+/t25?,26?,27-,29+/m0/s1. The van der Waals surface area contributed by atoms with Crippen LogP contribution in [0.4, 0.5) is 0 Å². The molecule has 37 heavy (non-hydrogen) atoms. The summed E-state index contributed by atoms with van der Waals surface area (Å²) in [4.78, 5) is 16.5. The van der Waals surface area contributed by atoms with Gasteiger partial charge in [0.15, 0.2) is 0 Å². The first-order chi connectivity index (χ1) is 17.8. The van der Waals surface area contributed by atoms with E-state index in [0.717, 1.165) is 25.1 Å². The Morgan fingerprint density at radius 2 is 1.78 bits per heavy atom. The van der Waals surface area contributed by atoms with Crippen molar-refractivity contribution in [3.63, 3.8) is 0 Å². The molecular formula is C31H43N3O3. The number of hydrogen-bond donors (Lipinski definition) is 2. The SMILES string of the molecule is COCC/C(=C\c1ccccc1)[C@@H]1C[C@H]1NC1CCC(NCc2ccc(C(=O)OC(C)(C)C)nc2)CC1. The minimum Gasteiger partial charge on any atom is -0.455 e. The molecule has 1 aromatic carbocycles. The van der Waals surface area contributed by atoms with Gasteiger partial charge in [0.2, 0.25) is 0 Å². The van der Waals surface area contributed by atoms with Crippen LogP contribution < -0.4 is 10.6 Å². The van der Waals surface area contributed by atoms with Crippen LogP contribution in [-0.4, -0.2) is 48.4 Å². The van der Waals surface area contributed by atoms with E-state index in [-0.39, 0.29) is 5.97 Å². The fraction of sp³-hybridized carbons (Fsp3) is 0.548. The van der Waals surface area contributed by atoms with E-state index in [1.165, 1.54) is 43.2 Å². The highest BCUT2D eigenvalue weighted by Crippen LogP contribution is 2.41. The highest BCUT2D eigenvalue weighted by molar-refractivity contribution is 5.87. The number of nitrogens with one attached hydrogen (secondary N) is 2. The Morgan fingerprint density at radius 3 is 2.43 bits per heavy atom. The minimum atomic E-state index is -0.516. The molecule has 2 aliphatic carbocycles. The van der Waals surface area contributed by atoms with Crippen LogP contribution in [-0.2, 0) is 16.0 Å². The molecule has 1 aromatic heterocycles. The zero-order valence-electron chi connectivity index (χ0n) is 22.8.